The number of nitriles is 1. The van der Waals surface area contributed by atoms with Crippen LogP contribution in [0, 0.1) is 17.2 Å². The largest absolute Gasteiger partial charge is 0.302 e. The molecule has 1 saturated heterocycles. The lowest BCUT2D eigenvalue weighted by atomic mass is 9.97. The number of nitrogens with one attached hydrogen (secondary N) is 1. The number of hydrogen-bond donors (Lipinski definition) is 1. The van der Waals surface area contributed by atoms with E-state index >= 15 is 0 Å². The number of aromatic nitrogens is 1. The SMILES string of the molecule is N#Cc1ccc(S(=O)(=O)N2CCC(C(=O)Nc3nc4ccccc4s3)CC2)cc1. The summed E-state index contributed by atoms with van der Waals surface area (Å²) in [4.78, 5) is 17.2. The summed E-state index contributed by atoms with van der Waals surface area (Å²) >= 11 is 1.42. The van der Waals surface area contributed by atoms with E-state index in [1.165, 1.54) is 39.9 Å². The first-order valence-electron chi connectivity index (χ1n) is 9.14. The summed E-state index contributed by atoms with van der Waals surface area (Å²) in [6.45, 7) is 0.556. The number of fused-ring (bicyclic) bond motifs is 1. The number of amides is 1. The zero-order valence-electron chi connectivity index (χ0n) is 15.4. The summed E-state index contributed by atoms with van der Waals surface area (Å²) in [6.07, 6.45) is 0.901. The predicted octanol–water partition coefficient (Wildman–Crippen LogP) is 3.21. The molecule has 2 heterocycles. The minimum absolute atomic E-state index is 0.125. The first-order chi connectivity index (χ1) is 14.0. The maximum Gasteiger partial charge on any atom is 0.243 e. The van der Waals surface area contributed by atoms with Crippen LogP contribution in [-0.4, -0.2) is 36.7 Å². The van der Waals surface area contributed by atoms with Crippen molar-refractivity contribution in [3.05, 3.63) is 54.1 Å². The second-order valence-corrected chi connectivity index (χ2v) is 9.76. The summed E-state index contributed by atoms with van der Waals surface area (Å²) < 4.78 is 28.0. The van der Waals surface area contributed by atoms with Gasteiger partial charge in [-0.3, -0.25) is 4.79 Å². The molecule has 1 aromatic heterocycles. The molecule has 1 N–H and O–H groups in total. The molecule has 2 aromatic carbocycles. The fourth-order valence-electron chi connectivity index (χ4n) is 3.34. The van der Waals surface area contributed by atoms with Crippen LogP contribution in [0.2, 0.25) is 0 Å². The van der Waals surface area contributed by atoms with Gasteiger partial charge >= 0.3 is 0 Å². The van der Waals surface area contributed by atoms with Crippen molar-refractivity contribution in [2.24, 2.45) is 5.92 Å². The fourth-order valence-corrected chi connectivity index (χ4v) is 5.68. The summed E-state index contributed by atoms with van der Waals surface area (Å²) in [6, 6.07) is 15.5. The molecule has 0 atom stereocenters. The first-order valence-corrected chi connectivity index (χ1v) is 11.4. The van der Waals surface area contributed by atoms with Crippen molar-refractivity contribution in [1.29, 1.82) is 5.26 Å². The van der Waals surface area contributed by atoms with E-state index in [0.717, 1.165) is 10.2 Å². The molecule has 0 aliphatic carbocycles. The van der Waals surface area contributed by atoms with Crippen molar-refractivity contribution in [2.75, 3.05) is 18.4 Å². The number of rotatable bonds is 4. The minimum atomic E-state index is -3.63. The molecule has 148 valence electrons. The Morgan fingerprint density at radius 3 is 2.48 bits per heavy atom. The number of sulfonamides is 1. The number of anilines is 1. The number of para-hydroxylation sites is 1. The Labute approximate surface area is 172 Å². The molecule has 1 aliphatic heterocycles. The van der Waals surface area contributed by atoms with Crippen LogP contribution in [0.1, 0.15) is 18.4 Å². The Bertz CT molecular complexity index is 1160. The van der Waals surface area contributed by atoms with Crippen molar-refractivity contribution in [3.63, 3.8) is 0 Å². The zero-order chi connectivity index (χ0) is 20.4. The Morgan fingerprint density at radius 1 is 1.14 bits per heavy atom. The lowest BCUT2D eigenvalue weighted by Crippen LogP contribution is -2.41. The van der Waals surface area contributed by atoms with E-state index in [-0.39, 0.29) is 29.8 Å². The average Bonchev–Trinajstić information content (AvgIpc) is 3.16. The molecular weight excluding hydrogens is 408 g/mol. The molecule has 0 radical (unpaired) electrons. The molecule has 1 aliphatic rings. The number of nitrogens with zero attached hydrogens (tertiary/aromatic N) is 3. The maximum atomic E-state index is 12.8. The van der Waals surface area contributed by atoms with Crippen molar-refractivity contribution in [1.82, 2.24) is 9.29 Å². The van der Waals surface area contributed by atoms with E-state index in [2.05, 4.69) is 10.3 Å². The van der Waals surface area contributed by atoms with Crippen LogP contribution in [0.15, 0.2) is 53.4 Å². The number of benzene rings is 2. The minimum Gasteiger partial charge on any atom is -0.302 e. The Kier molecular flexibility index (Phi) is 5.32. The van der Waals surface area contributed by atoms with E-state index in [9.17, 15) is 13.2 Å². The van der Waals surface area contributed by atoms with E-state index in [0.29, 0.717) is 23.5 Å². The van der Waals surface area contributed by atoms with Crippen molar-refractivity contribution < 1.29 is 13.2 Å². The van der Waals surface area contributed by atoms with Crippen LogP contribution >= 0.6 is 11.3 Å². The van der Waals surface area contributed by atoms with Gasteiger partial charge in [-0.1, -0.05) is 23.5 Å². The Morgan fingerprint density at radius 2 is 1.83 bits per heavy atom. The second kappa shape index (κ2) is 7.91. The smallest absolute Gasteiger partial charge is 0.243 e. The summed E-state index contributed by atoms with van der Waals surface area (Å²) in [5, 5.41) is 12.3. The van der Waals surface area contributed by atoms with E-state index < -0.39 is 10.0 Å². The van der Waals surface area contributed by atoms with Crippen molar-refractivity contribution in [3.8, 4) is 6.07 Å². The number of piperidine rings is 1. The number of carbonyl (C=O) groups excluding carboxylic acids is 1. The molecule has 0 saturated carbocycles. The summed E-state index contributed by atoms with van der Waals surface area (Å²) in [5.41, 5.74) is 1.25. The molecule has 0 spiro atoms. The molecule has 1 fully saturated rings. The first kappa shape index (κ1) is 19.5. The van der Waals surface area contributed by atoms with E-state index in [1.54, 1.807) is 0 Å². The highest BCUT2D eigenvalue weighted by Gasteiger charge is 2.32. The maximum absolute atomic E-state index is 12.8. The van der Waals surface area contributed by atoms with Crippen LogP contribution in [0.3, 0.4) is 0 Å². The molecule has 1 amide bonds. The lowest BCUT2D eigenvalue weighted by Gasteiger charge is -2.30. The molecule has 0 unspecified atom stereocenters. The normalized spacial score (nSPS) is 15.8. The van der Waals surface area contributed by atoms with Gasteiger partial charge in [0.05, 0.1) is 26.7 Å². The Hall–Kier alpha value is -2.80. The van der Waals surface area contributed by atoms with Crippen LogP contribution in [0.5, 0.6) is 0 Å². The fraction of sp³-hybridized carbons (Fsp3) is 0.250. The van der Waals surface area contributed by atoms with Gasteiger partial charge in [-0.15, -0.1) is 0 Å². The van der Waals surface area contributed by atoms with Gasteiger partial charge in [-0.2, -0.15) is 9.57 Å². The van der Waals surface area contributed by atoms with Crippen LogP contribution < -0.4 is 5.32 Å². The van der Waals surface area contributed by atoms with Gasteiger partial charge in [0.2, 0.25) is 15.9 Å². The van der Waals surface area contributed by atoms with Crippen molar-refractivity contribution in [2.45, 2.75) is 17.7 Å². The van der Waals surface area contributed by atoms with Gasteiger partial charge < -0.3 is 5.32 Å². The monoisotopic (exact) mass is 426 g/mol. The summed E-state index contributed by atoms with van der Waals surface area (Å²) in [7, 11) is -3.63. The summed E-state index contributed by atoms with van der Waals surface area (Å²) in [5.74, 6) is -0.381. The predicted molar refractivity (Wildman–Crippen MR) is 111 cm³/mol. The third-order valence-corrected chi connectivity index (χ3v) is 7.83. The molecule has 4 rings (SSSR count). The highest BCUT2D eigenvalue weighted by molar-refractivity contribution is 7.89. The number of carbonyl (C=O) groups is 1. The molecule has 29 heavy (non-hydrogen) atoms. The number of thiazole rings is 1. The van der Waals surface area contributed by atoms with Gasteiger partial charge in [-0.25, -0.2) is 13.4 Å². The van der Waals surface area contributed by atoms with Gasteiger partial charge in [0.15, 0.2) is 5.13 Å². The zero-order valence-corrected chi connectivity index (χ0v) is 17.0. The Balaban J connectivity index is 1.39. The van der Waals surface area contributed by atoms with Gasteiger partial charge in [-0.05, 0) is 49.2 Å². The topological polar surface area (TPSA) is 103 Å². The average molecular weight is 427 g/mol. The third-order valence-electron chi connectivity index (χ3n) is 4.97. The van der Waals surface area contributed by atoms with Crippen LogP contribution in [0.25, 0.3) is 10.2 Å². The van der Waals surface area contributed by atoms with Crippen LogP contribution in [0.4, 0.5) is 5.13 Å². The highest BCUT2D eigenvalue weighted by atomic mass is 32.2. The van der Waals surface area contributed by atoms with Crippen molar-refractivity contribution >= 4 is 42.6 Å². The standard InChI is InChI=1S/C20H18N4O3S2/c21-13-14-5-7-16(8-6-14)29(26,27)24-11-9-15(10-12-24)19(25)23-20-22-17-3-1-2-4-18(17)28-20/h1-8,15H,9-12H2,(H,22,23,25). The molecular formula is C20H18N4O3S2. The number of hydrogen-bond acceptors (Lipinski definition) is 6. The molecule has 3 aromatic rings. The molecule has 7 nitrogen and oxygen atoms in total. The molecule has 9 heteroatoms. The highest BCUT2D eigenvalue weighted by Crippen LogP contribution is 2.28. The van der Waals surface area contributed by atoms with Crippen LogP contribution in [-0.2, 0) is 14.8 Å². The lowest BCUT2D eigenvalue weighted by molar-refractivity contribution is -0.120. The van der Waals surface area contributed by atoms with Gasteiger partial charge in [0.25, 0.3) is 0 Å². The second-order valence-electron chi connectivity index (χ2n) is 6.79. The third kappa shape index (κ3) is 4.00. The quantitative estimate of drug-likeness (QED) is 0.690. The van der Waals surface area contributed by atoms with E-state index in [1.807, 2.05) is 30.3 Å². The van der Waals surface area contributed by atoms with Gasteiger partial charge in [0.1, 0.15) is 0 Å². The van der Waals surface area contributed by atoms with Gasteiger partial charge in [0, 0.05) is 19.0 Å². The van der Waals surface area contributed by atoms with E-state index in [4.69, 9.17) is 5.26 Å². The molecule has 0 bridgehead atoms.